The third-order valence-electron chi connectivity index (χ3n) is 3.85. The minimum Gasteiger partial charge on any atom is -0.322 e. The molecule has 0 spiro atoms. The third-order valence-corrected chi connectivity index (χ3v) is 3.85. The van der Waals surface area contributed by atoms with Gasteiger partial charge >= 0.3 is 0 Å². The molecular formula is C16H20N4O. The van der Waals surface area contributed by atoms with Crippen LogP contribution in [0.25, 0.3) is 0 Å². The molecule has 0 fully saturated rings. The van der Waals surface area contributed by atoms with E-state index in [2.05, 4.69) is 27.0 Å². The number of nitrogens with one attached hydrogen (secondary N) is 1. The maximum Gasteiger partial charge on any atom is 0.255 e. The average Bonchev–Trinajstić information content (AvgIpc) is 2.48. The summed E-state index contributed by atoms with van der Waals surface area (Å²) in [5.74, 6) is 0.579. The molecule has 1 aromatic heterocycles. The molecule has 1 aliphatic rings. The van der Waals surface area contributed by atoms with Crippen LogP contribution in [0.3, 0.4) is 0 Å². The normalized spacial score (nSPS) is 16.5. The molecule has 1 aliphatic heterocycles. The fourth-order valence-electron chi connectivity index (χ4n) is 2.69. The molecule has 2 heterocycles. The Labute approximate surface area is 123 Å². The zero-order chi connectivity index (χ0) is 14.8. The molecule has 2 aromatic rings. The van der Waals surface area contributed by atoms with Crippen LogP contribution in [0.15, 0.2) is 35.1 Å². The van der Waals surface area contributed by atoms with Crippen molar-refractivity contribution in [1.29, 1.82) is 0 Å². The van der Waals surface area contributed by atoms with Crippen LogP contribution in [-0.4, -0.2) is 21.4 Å². The molecule has 1 unspecified atom stereocenters. The Bertz CT molecular complexity index is 678. The number of H-pyrrole nitrogens is 1. The highest BCUT2D eigenvalue weighted by atomic mass is 16.1. The first-order valence-electron chi connectivity index (χ1n) is 7.27. The van der Waals surface area contributed by atoms with Crippen molar-refractivity contribution in [3.05, 3.63) is 63.3 Å². The number of nitrogens with zero attached hydrogens (tertiary/aromatic N) is 2. The highest BCUT2D eigenvalue weighted by Gasteiger charge is 2.21. The Kier molecular flexibility index (Phi) is 3.86. The van der Waals surface area contributed by atoms with Gasteiger partial charge in [-0.25, -0.2) is 4.98 Å². The second kappa shape index (κ2) is 5.79. The number of hydrogen-bond acceptors (Lipinski definition) is 4. The van der Waals surface area contributed by atoms with Crippen molar-refractivity contribution in [2.24, 2.45) is 5.73 Å². The molecule has 0 amide bonds. The zero-order valence-electron chi connectivity index (χ0n) is 12.2. The monoisotopic (exact) mass is 284 g/mol. The molecule has 0 bridgehead atoms. The molecule has 21 heavy (non-hydrogen) atoms. The largest absolute Gasteiger partial charge is 0.322 e. The number of nitrogens with two attached hydrogens (primary N) is 1. The fraction of sp³-hybridized carbons (Fsp3) is 0.375. The summed E-state index contributed by atoms with van der Waals surface area (Å²) in [6, 6.07) is 10.1. The van der Waals surface area contributed by atoms with Crippen LogP contribution in [0.2, 0.25) is 0 Å². The summed E-state index contributed by atoms with van der Waals surface area (Å²) in [6.45, 7) is 4.24. The van der Waals surface area contributed by atoms with Crippen LogP contribution >= 0.6 is 0 Å². The summed E-state index contributed by atoms with van der Waals surface area (Å²) in [5, 5.41) is 0. The van der Waals surface area contributed by atoms with Crippen LogP contribution < -0.4 is 11.3 Å². The lowest BCUT2D eigenvalue weighted by Crippen LogP contribution is -2.36. The molecular weight excluding hydrogens is 264 g/mol. The van der Waals surface area contributed by atoms with Crippen LogP contribution in [-0.2, 0) is 19.5 Å². The second-order valence-electron chi connectivity index (χ2n) is 5.61. The lowest BCUT2D eigenvalue weighted by Gasteiger charge is -2.28. The Morgan fingerprint density at radius 1 is 1.38 bits per heavy atom. The van der Waals surface area contributed by atoms with E-state index < -0.39 is 0 Å². The van der Waals surface area contributed by atoms with Gasteiger partial charge in [-0.1, -0.05) is 30.3 Å². The number of benzene rings is 1. The van der Waals surface area contributed by atoms with Crippen LogP contribution in [0.4, 0.5) is 0 Å². The lowest BCUT2D eigenvalue weighted by molar-refractivity contribution is 0.241. The molecule has 5 heteroatoms. The molecule has 0 saturated carbocycles. The molecule has 5 nitrogen and oxygen atoms in total. The third kappa shape index (κ3) is 3.04. The quantitative estimate of drug-likeness (QED) is 0.892. The van der Waals surface area contributed by atoms with Crippen molar-refractivity contribution >= 4 is 0 Å². The summed E-state index contributed by atoms with van der Waals surface area (Å²) in [7, 11) is 0. The maximum absolute atomic E-state index is 12.2. The molecule has 3 N–H and O–H groups in total. The topological polar surface area (TPSA) is 75.0 Å². The number of rotatable bonds is 3. The van der Waals surface area contributed by atoms with Gasteiger partial charge in [-0.2, -0.15) is 0 Å². The van der Waals surface area contributed by atoms with Crippen molar-refractivity contribution in [3.8, 4) is 0 Å². The van der Waals surface area contributed by atoms with E-state index in [1.165, 1.54) is 5.56 Å². The minimum absolute atomic E-state index is 0.0509. The molecule has 3 rings (SSSR count). The summed E-state index contributed by atoms with van der Waals surface area (Å²) in [5.41, 5.74) is 8.69. The summed E-state index contributed by atoms with van der Waals surface area (Å²) in [4.78, 5) is 21.8. The van der Waals surface area contributed by atoms with Crippen LogP contribution in [0.5, 0.6) is 0 Å². The Morgan fingerprint density at radius 3 is 2.86 bits per heavy atom. The number of aromatic nitrogens is 2. The van der Waals surface area contributed by atoms with Gasteiger partial charge in [0.15, 0.2) is 0 Å². The van der Waals surface area contributed by atoms with E-state index in [9.17, 15) is 4.79 Å². The molecule has 1 atom stereocenters. The van der Waals surface area contributed by atoms with Crippen molar-refractivity contribution in [2.75, 3.05) is 6.54 Å². The van der Waals surface area contributed by atoms with E-state index in [1.807, 2.05) is 25.1 Å². The molecule has 0 radical (unpaired) electrons. The number of fused-ring (bicyclic) bond motifs is 1. The lowest BCUT2D eigenvalue weighted by atomic mass is 10.1. The van der Waals surface area contributed by atoms with Gasteiger partial charge in [0.05, 0.1) is 17.3 Å². The van der Waals surface area contributed by atoms with Gasteiger partial charge < -0.3 is 10.7 Å². The summed E-state index contributed by atoms with van der Waals surface area (Å²) >= 11 is 0. The average molecular weight is 284 g/mol. The van der Waals surface area contributed by atoms with Crippen LogP contribution in [0.1, 0.15) is 35.6 Å². The van der Waals surface area contributed by atoms with Crippen molar-refractivity contribution in [3.63, 3.8) is 0 Å². The maximum atomic E-state index is 12.2. The summed E-state index contributed by atoms with van der Waals surface area (Å²) < 4.78 is 0. The number of aromatic amines is 1. The Morgan fingerprint density at radius 2 is 2.14 bits per heavy atom. The van der Waals surface area contributed by atoms with E-state index >= 15 is 0 Å². The standard InChI is InChI=1S/C16H20N4O/c1-11(17)15-18-14-7-8-20(10-13(14)16(21)19-15)9-12-5-3-2-4-6-12/h2-6,11H,7-10,17H2,1H3,(H,18,19,21). The SMILES string of the molecule is CC(N)c1nc2c(c(=O)[nH]1)CN(Cc1ccccc1)CC2. The zero-order valence-corrected chi connectivity index (χ0v) is 12.2. The van der Waals surface area contributed by atoms with Gasteiger partial charge in [0.2, 0.25) is 0 Å². The predicted molar refractivity (Wildman–Crippen MR) is 81.7 cm³/mol. The molecule has 110 valence electrons. The van der Waals surface area contributed by atoms with Gasteiger partial charge in [-0.05, 0) is 12.5 Å². The highest BCUT2D eigenvalue weighted by Crippen LogP contribution is 2.17. The van der Waals surface area contributed by atoms with Gasteiger partial charge in [-0.3, -0.25) is 9.69 Å². The summed E-state index contributed by atoms with van der Waals surface area (Å²) in [6.07, 6.45) is 0.797. The van der Waals surface area contributed by atoms with E-state index in [0.29, 0.717) is 12.4 Å². The van der Waals surface area contributed by atoms with Gasteiger partial charge in [0.1, 0.15) is 5.82 Å². The fourth-order valence-corrected chi connectivity index (χ4v) is 2.69. The first kappa shape index (κ1) is 14.0. The van der Waals surface area contributed by atoms with E-state index in [1.54, 1.807) is 0 Å². The van der Waals surface area contributed by atoms with E-state index in [4.69, 9.17) is 5.73 Å². The van der Waals surface area contributed by atoms with E-state index in [0.717, 1.165) is 30.8 Å². The predicted octanol–water partition coefficient (Wildman–Crippen LogP) is 1.35. The highest BCUT2D eigenvalue weighted by molar-refractivity contribution is 5.22. The van der Waals surface area contributed by atoms with E-state index in [-0.39, 0.29) is 11.6 Å². The van der Waals surface area contributed by atoms with Gasteiger partial charge in [-0.15, -0.1) is 0 Å². The molecule has 1 aromatic carbocycles. The van der Waals surface area contributed by atoms with Gasteiger partial charge in [0, 0.05) is 26.1 Å². The van der Waals surface area contributed by atoms with Crippen molar-refractivity contribution in [1.82, 2.24) is 14.9 Å². The van der Waals surface area contributed by atoms with Crippen molar-refractivity contribution < 1.29 is 0 Å². The minimum atomic E-state index is -0.245. The van der Waals surface area contributed by atoms with Gasteiger partial charge in [0.25, 0.3) is 5.56 Å². The smallest absolute Gasteiger partial charge is 0.255 e. The molecule has 0 aliphatic carbocycles. The first-order chi connectivity index (χ1) is 10.1. The van der Waals surface area contributed by atoms with Crippen LogP contribution in [0, 0.1) is 0 Å². The Balaban J connectivity index is 1.81. The Hall–Kier alpha value is -1.98. The first-order valence-corrected chi connectivity index (χ1v) is 7.27. The molecule has 0 saturated heterocycles. The van der Waals surface area contributed by atoms with Crippen molar-refractivity contribution in [2.45, 2.75) is 32.5 Å². The number of hydrogen-bond donors (Lipinski definition) is 2. The second-order valence-corrected chi connectivity index (χ2v) is 5.61.